The van der Waals surface area contributed by atoms with E-state index in [1.807, 2.05) is 47.4 Å². The van der Waals surface area contributed by atoms with E-state index in [0.717, 1.165) is 21.7 Å². The molecule has 4 aliphatic rings. The van der Waals surface area contributed by atoms with Crippen molar-refractivity contribution in [3.8, 4) is 0 Å². The Morgan fingerprint density at radius 3 is 2.17 bits per heavy atom. The van der Waals surface area contributed by atoms with Gasteiger partial charge in [0.1, 0.15) is 18.4 Å². The molecule has 4 aliphatic heterocycles. The fraction of sp³-hybridized carbons (Fsp3) is 0.319. The van der Waals surface area contributed by atoms with E-state index in [4.69, 9.17) is 16.3 Å². The molecule has 0 aliphatic carbocycles. The van der Waals surface area contributed by atoms with Gasteiger partial charge in [-0.3, -0.25) is 43.8 Å². The molecule has 336 valence electrons. The highest BCUT2D eigenvalue weighted by atomic mass is 35.5. The van der Waals surface area contributed by atoms with Crippen LogP contribution in [0.4, 0.5) is 16.2 Å². The van der Waals surface area contributed by atoms with Gasteiger partial charge in [0, 0.05) is 81.9 Å². The Labute approximate surface area is 378 Å². The van der Waals surface area contributed by atoms with Crippen molar-refractivity contribution in [2.24, 2.45) is 0 Å². The van der Waals surface area contributed by atoms with Gasteiger partial charge in [0.05, 0.1) is 21.7 Å². The van der Waals surface area contributed by atoms with E-state index < -0.39 is 53.3 Å². The average Bonchev–Trinajstić information content (AvgIpc) is 3.55. The summed E-state index contributed by atoms with van der Waals surface area (Å²) in [6.45, 7) is 2.41. The molecular weight excluding hydrogens is 858 g/mol. The van der Waals surface area contributed by atoms with Gasteiger partial charge in [0.25, 0.3) is 23.6 Å². The van der Waals surface area contributed by atoms with Gasteiger partial charge in [-0.2, -0.15) is 0 Å². The molecule has 1 unspecified atom stereocenters. The number of piperazine rings is 1. The van der Waals surface area contributed by atoms with Crippen molar-refractivity contribution in [2.75, 3.05) is 49.5 Å². The van der Waals surface area contributed by atoms with E-state index in [1.54, 1.807) is 35.2 Å². The summed E-state index contributed by atoms with van der Waals surface area (Å²) < 4.78 is 5.38. The molecular formula is C47H46ClN7O10. The zero-order chi connectivity index (χ0) is 45.8. The molecule has 0 aromatic heterocycles. The maximum Gasteiger partial charge on any atom is 0.410 e. The Balaban J connectivity index is 0.763. The summed E-state index contributed by atoms with van der Waals surface area (Å²) in [5.41, 5.74) is 2.10. The summed E-state index contributed by atoms with van der Waals surface area (Å²) >= 11 is 6.45. The molecule has 4 aromatic rings. The summed E-state index contributed by atoms with van der Waals surface area (Å²) in [5, 5.41) is 18.7. The maximum absolute atomic E-state index is 13.3. The third-order valence-electron chi connectivity index (χ3n) is 12.1. The molecule has 4 heterocycles. The Morgan fingerprint density at radius 1 is 0.769 bits per heavy atom. The minimum Gasteiger partial charge on any atom is -0.445 e. The quantitative estimate of drug-likeness (QED) is 0.124. The van der Waals surface area contributed by atoms with Crippen LogP contribution >= 0.6 is 11.6 Å². The van der Waals surface area contributed by atoms with Crippen LogP contribution in [0.15, 0.2) is 91.0 Å². The predicted molar refractivity (Wildman–Crippen MR) is 236 cm³/mol. The number of likely N-dealkylation sites (tertiary alicyclic amines) is 1. The third kappa shape index (κ3) is 10.0. The molecule has 4 N–H and O–H groups in total. The Hall–Kier alpha value is -7.11. The first kappa shape index (κ1) is 44.5. The summed E-state index contributed by atoms with van der Waals surface area (Å²) in [5.74, 6) is -3.33. The normalized spacial score (nSPS) is 18.2. The zero-order valence-corrected chi connectivity index (χ0v) is 36.0. The summed E-state index contributed by atoms with van der Waals surface area (Å²) in [4.78, 5) is 109. The van der Waals surface area contributed by atoms with Gasteiger partial charge >= 0.3 is 6.09 Å². The predicted octanol–water partition coefficient (Wildman–Crippen LogP) is 4.13. The Kier molecular flexibility index (Phi) is 13.0. The molecule has 3 saturated heterocycles. The molecule has 65 heavy (non-hydrogen) atoms. The van der Waals surface area contributed by atoms with E-state index in [-0.39, 0.29) is 85.0 Å². The fourth-order valence-corrected chi connectivity index (χ4v) is 8.62. The number of nitrogens with one attached hydrogen (secondary N) is 3. The van der Waals surface area contributed by atoms with Crippen molar-refractivity contribution >= 4 is 70.4 Å². The van der Waals surface area contributed by atoms with Crippen molar-refractivity contribution in [1.29, 1.82) is 0 Å². The second kappa shape index (κ2) is 18.9. The third-order valence-corrected chi connectivity index (χ3v) is 12.4. The molecule has 8 amide bonds. The van der Waals surface area contributed by atoms with Crippen LogP contribution in [0.1, 0.15) is 84.7 Å². The van der Waals surface area contributed by atoms with Crippen LogP contribution in [-0.4, -0.2) is 118 Å². The van der Waals surface area contributed by atoms with Crippen LogP contribution in [0.2, 0.25) is 5.02 Å². The van der Waals surface area contributed by atoms with Gasteiger partial charge in [-0.1, -0.05) is 54.1 Å². The number of hydrogen-bond acceptors (Lipinski definition) is 11. The lowest BCUT2D eigenvalue weighted by Crippen LogP contribution is -2.56. The van der Waals surface area contributed by atoms with Crippen molar-refractivity contribution in [3.63, 3.8) is 0 Å². The minimum absolute atomic E-state index is 0.0121. The molecule has 1 atom stereocenters. The standard InChI is InChI=1S/C47H46ClN7O10/c48-37-26-31(9-13-35(37)42(59)51-47(64)18-20-54(21-19-47)46(63)65-28-30-4-2-1-3-5-30)41(58)49-32-10-6-29(7-11-32)8-17-40(57)53-24-22-52(23-25-53)33-12-14-34-36(27-33)45(62)55(44(34)61)38-15-16-39(56)50-43(38)60/h1-7,9-14,26-27,38,64H,8,15-25,28H2,(H,49,58)(H,51,59)(H,50,56,60). The lowest BCUT2D eigenvalue weighted by molar-refractivity contribution is -0.136. The van der Waals surface area contributed by atoms with Crippen LogP contribution in [0, 0.1) is 0 Å². The van der Waals surface area contributed by atoms with E-state index >= 15 is 0 Å². The number of benzene rings is 4. The van der Waals surface area contributed by atoms with E-state index in [0.29, 0.717) is 38.3 Å². The number of aryl methyl sites for hydroxylation is 1. The van der Waals surface area contributed by atoms with E-state index in [9.17, 15) is 43.5 Å². The highest BCUT2D eigenvalue weighted by molar-refractivity contribution is 6.34. The molecule has 0 radical (unpaired) electrons. The number of piperidine rings is 2. The molecule has 4 aromatic carbocycles. The Morgan fingerprint density at radius 2 is 1.48 bits per heavy atom. The van der Waals surface area contributed by atoms with Gasteiger partial charge in [0.15, 0.2) is 0 Å². The molecule has 8 rings (SSSR count). The first-order valence-electron chi connectivity index (χ1n) is 21.3. The first-order chi connectivity index (χ1) is 31.2. The number of rotatable bonds is 11. The van der Waals surface area contributed by atoms with E-state index in [1.165, 1.54) is 23.1 Å². The summed E-state index contributed by atoms with van der Waals surface area (Å²) in [6, 6.07) is 24.6. The van der Waals surface area contributed by atoms with Crippen LogP contribution in [0.3, 0.4) is 0 Å². The van der Waals surface area contributed by atoms with E-state index in [2.05, 4.69) is 16.0 Å². The number of hydrogen-bond donors (Lipinski definition) is 4. The second-order valence-electron chi connectivity index (χ2n) is 16.4. The zero-order valence-electron chi connectivity index (χ0n) is 35.2. The van der Waals surface area contributed by atoms with Crippen LogP contribution < -0.4 is 20.9 Å². The van der Waals surface area contributed by atoms with Crippen LogP contribution in [-0.2, 0) is 32.1 Å². The van der Waals surface area contributed by atoms with Gasteiger partial charge in [0.2, 0.25) is 17.7 Å². The number of amides is 8. The number of anilines is 2. The first-order valence-corrected chi connectivity index (χ1v) is 21.7. The number of halogens is 1. The Bertz CT molecular complexity index is 2560. The molecule has 0 saturated carbocycles. The smallest absolute Gasteiger partial charge is 0.410 e. The number of fused-ring (bicyclic) bond motifs is 1. The highest BCUT2D eigenvalue weighted by Crippen LogP contribution is 2.31. The van der Waals surface area contributed by atoms with Gasteiger partial charge < -0.3 is 35.2 Å². The van der Waals surface area contributed by atoms with Gasteiger partial charge in [-0.15, -0.1) is 0 Å². The molecule has 3 fully saturated rings. The summed E-state index contributed by atoms with van der Waals surface area (Å²) in [7, 11) is 0. The second-order valence-corrected chi connectivity index (χ2v) is 16.8. The number of imide groups is 2. The lowest BCUT2D eigenvalue weighted by atomic mass is 10.00. The average molecular weight is 904 g/mol. The topological polar surface area (TPSA) is 215 Å². The largest absolute Gasteiger partial charge is 0.445 e. The minimum atomic E-state index is -1.57. The number of ether oxygens (including phenoxy) is 1. The van der Waals surface area contributed by atoms with Crippen molar-refractivity contribution in [1.82, 2.24) is 25.3 Å². The monoisotopic (exact) mass is 903 g/mol. The van der Waals surface area contributed by atoms with Gasteiger partial charge in [-0.05, 0) is 72.5 Å². The maximum atomic E-state index is 13.3. The van der Waals surface area contributed by atoms with Crippen molar-refractivity contribution in [3.05, 3.63) is 129 Å². The van der Waals surface area contributed by atoms with Crippen LogP contribution in [0.5, 0.6) is 0 Å². The molecule has 0 spiro atoms. The molecule has 18 heteroatoms. The number of carbonyl (C=O) groups is 8. The van der Waals surface area contributed by atoms with Crippen molar-refractivity contribution in [2.45, 2.75) is 56.9 Å². The molecule has 0 bridgehead atoms. The lowest BCUT2D eigenvalue weighted by Gasteiger charge is -2.38. The van der Waals surface area contributed by atoms with Crippen LogP contribution in [0.25, 0.3) is 0 Å². The highest BCUT2D eigenvalue weighted by Gasteiger charge is 2.45. The number of carbonyl (C=O) groups excluding carboxylic acids is 8. The summed E-state index contributed by atoms with van der Waals surface area (Å²) in [6.07, 6.45) is 0.527. The number of nitrogens with zero attached hydrogens (tertiary/aromatic N) is 4. The fourth-order valence-electron chi connectivity index (χ4n) is 8.35. The molecule has 17 nitrogen and oxygen atoms in total. The van der Waals surface area contributed by atoms with Gasteiger partial charge in [-0.25, -0.2) is 4.79 Å². The number of aliphatic hydroxyl groups is 1. The SMILES string of the molecule is O=C1CCC(N2C(=O)c3ccc(N4CCN(C(=O)CCc5ccc(NC(=O)c6ccc(C(=O)NC7(O)CCN(C(=O)OCc8ccccc8)CC7)c(Cl)c6)cc5)CC4)cc3C2=O)C(=O)N1. The van der Waals surface area contributed by atoms with Crippen molar-refractivity contribution < 1.29 is 48.2 Å².